The summed E-state index contributed by atoms with van der Waals surface area (Å²) in [6, 6.07) is -0.978. The number of rotatable bonds is 4. The van der Waals surface area contributed by atoms with E-state index in [0.717, 1.165) is 6.42 Å². The minimum absolute atomic E-state index is 0.125. The number of hydrogen-bond acceptors (Lipinski definition) is 3. The molecule has 1 amide bonds. The van der Waals surface area contributed by atoms with Gasteiger partial charge >= 0.3 is 5.97 Å². The number of aliphatic carboxylic acids is 1. The fraction of sp³-hybridized carbons (Fsp3) is 0.750. The van der Waals surface area contributed by atoms with Crippen molar-refractivity contribution in [2.75, 3.05) is 6.61 Å². The number of hydrogen-bond donors (Lipinski definition) is 2. The molecule has 1 heterocycles. The van der Waals surface area contributed by atoms with Crippen molar-refractivity contribution in [1.29, 1.82) is 0 Å². The van der Waals surface area contributed by atoms with Gasteiger partial charge in [-0.05, 0) is 17.9 Å². The van der Waals surface area contributed by atoms with Crippen LogP contribution in [0.1, 0.15) is 40.0 Å². The van der Waals surface area contributed by atoms with E-state index in [1.165, 1.54) is 0 Å². The molecule has 124 valence electrons. The van der Waals surface area contributed by atoms with Crippen LogP contribution >= 0.6 is 0 Å². The van der Waals surface area contributed by atoms with Gasteiger partial charge in [-0.3, -0.25) is 4.79 Å². The Balaban J connectivity index is 2.66. The van der Waals surface area contributed by atoms with Gasteiger partial charge in [-0.2, -0.15) is 0 Å². The fourth-order valence-corrected chi connectivity index (χ4v) is 2.73. The molecule has 2 N–H and O–H groups in total. The van der Waals surface area contributed by atoms with Gasteiger partial charge in [-0.15, -0.1) is 11.5 Å². The van der Waals surface area contributed by atoms with Gasteiger partial charge in [0.2, 0.25) is 5.91 Å². The number of ether oxygens (including phenoxy) is 1. The topological polar surface area (TPSA) is 75.6 Å². The molecule has 0 saturated carbocycles. The van der Waals surface area contributed by atoms with Gasteiger partial charge in [0, 0.05) is 13.0 Å². The van der Waals surface area contributed by atoms with E-state index in [4.69, 9.17) is 4.74 Å². The summed E-state index contributed by atoms with van der Waals surface area (Å²) in [4.78, 5) is 23.2. The lowest BCUT2D eigenvalue weighted by Gasteiger charge is -2.31. The van der Waals surface area contributed by atoms with Crippen molar-refractivity contribution in [1.82, 2.24) is 5.32 Å². The second kappa shape index (κ2) is 7.29. The molecule has 1 fully saturated rings. The zero-order chi connectivity index (χ0) is 17.0. The smallest absolute Gasteiger partial charge is 0.327 e. The molecule has 0 spiro atoms. The summed E-state index contributed by atoms with van der Waals surface area (Å²) < 4.78 is 5.26. The maximum absolute atomic E-state index is 11.9. The predicted octanol–water partition coefficient (Wildman–Crippen LogP) is 2.18. The van der Waals surface area contributed by atoms with Crippen LogP contribution in [-0.2, 0) is 14.3 Å². The highest BCUT2D eigenvalue weighted by Crippen LogP contribution is 2.35. The number of amides is 1. The number of carboxylic acids is 1. The molecule has 0 radical (unpaired) electrons. The second-order valence-electron chi connectivity index (χ2n) is 7.28. The number of nitrogens with one attached hydrogen (secondary N) is 1. The highest BCUT2D eigenvalue weighted by atomic mass is 28.3. The van der Waals surface area contributed by atoms with Crippen molar-refractivity contribution in [3.05, 3.63) is 0 Å². The minimum atomic E-state index is -1.76. The Morgan fingerprint density at radius 3 is 2.50 bits per heavy atom. The fourth-order valence-electron chi connectivity index (χ4n) is 1.81. The van der Waals surface area contributed by atoms with E-state index in [1.807, 2.05) is 0 Å². The van der Waals surface area contributed by atoms with Crippen LogP contribution in [0.2, 0.25) is 18.1 Å². The molecule has 0 aliphatic carbocycles. The zero-order valence-corrected chi connectivity index (χ0v) is 15.2. The summed E-state index contributed by atoms with van der Waals surface area (Å²) in [7, 11) is -1.76. The molecule has 0 aromatic heterocycles. The third kappa shape index (κ3) is 5.15. The molecule has 1 aliphatic rings. The van der Waals surface area contributed by atoms with Crippen molar-refractivity contribution in [2.24, 2.45) is 0 Å². The minimum Gasteiger partial charge on any atom is -0.480 e. The summed E-state index contributed by atoms with van der Waals surface area (Å²) in [5, 5.41) is 11.9. The Hall–Kier alpha value is -1.32. The second-order valence-corrected chi connectivity index (χ2v) is 12.3. The van der Waals surface area contributed by atoms with E-state index in [2.05, 4.69) is 50.6 Å². The van der Waals surface area contributed by atoms with Crippen molar-refractivity contribution in [2.45, 2.75) is 70.3 Å². The Kier molecular flexibility index (Phi) is 6.21. The molecule has 0 unspecified atom stereocenters. The lowest BCUT2D eigenvalue weighted by Crippen LogP contribution is -2.45. The Morgan fingerprint density at radius 2 is 2.05 bits per heavy atom. The Bertz CT molecular complexity index is 479. The SMILES string of the molecule is CC(C)(C)[Si](C)(C)C#CC[C@H](NC(=O)[C@@H]1CCCO1)C(=O)O. The largest absolute Gasteiger partial charge is 0.480 e. The van der Waals surface area contributed by atoms with Crippen molar-refractivity contribution >= 4 is 20.0 Å². The lowest BCUT2D eigenvalue weighted by atomic mass is 10.2. The molecule has 1 aliphatic heterocycles. The third-order valence-corrected chi connectivity index (χ3v) is 8.97. The molecule has 1 rings (SSSR count). The molecule has 0 bridgehead atoms. The van der Waals surface area contributed by atoms with Crippen LogP contribution in [0.25, 0.3) is 0 Å². The monoisotopic (exact) mass is 325 g/mol. The molecule has 22 heavy (non-hydrogen) atoms. The third-order valence-electron chi connectivity index (χ3n) is 4.42. The summed E-state index contributed by atoms with van der Waals surface area (Å²) in [6.45, 7) is 11.4. The Labute approximate surface area is 133 Å². The van der Waals surface area contributed by atoms with E-state index in [9.17, 15) is 14.7 Å². The van der Waals surface area contributed by atoms with Gasteiger partial charge in [-0.25, -0.2) is 4.79 Å². The quantitative estimate of drug-likeness (QED) is 0.613. The van der Waals surface area contributed by atoms with Gasteiger partial charge in [0.05, 0.1) is 0 Å². The lowest BCUT2D eigenvalue weighted by molar-refractivity contribution is -0.143. The first-order valence-corrected chi connectivity index (χ1v) is 10.7. The molecule has 6 heteroatoms. The molecular formula is C16H27NO4Si. The predicted molar refractivity (Wildman–Crippen MR) is 88.1 cm³/mol. The number of carbonyl (C=O) groups is 2. The van der Waals surface area contributed by atoms with E-state index in [-0.39, 0.29) is 17.4 Å². The molecule has 0 aromatic rings. The van der Waals surface area contributed by atoms with Crippen LogP contribution in [0.4, 0.5) is 0 Å². The van der Waals surface area contributed by atoms with Crippen molar-refractivity contribution in [3.8, 4) is 11.5 Å². The zero-order valence-electron chi connectivity index (χ0n) is 14.2. The van der Waals surface area contributed by atoms with Gasteiger partial charge in [-0.1, -0.05) is 33.9 Å². The summed E-state index contributed by atoms with van der Waals surface area (Å²) in [6.07, 6.45) is 1.09. The number of carboxylic acid groups (broad SMARTS) is 1. The average molecular weight is 325 g/mol. The summed E-state index contributed by atoms with van der Waals surface area (Å²) in [5.74, 6) is 1.58. The first-order chi connectivity index (χ1) is 10.0. The maximum Gasteiger partial charge on any atom is 0.327 e. The molecule has 0 aromatic carbocycles. The van der Waals surface area contributed by atoms with E-state index in [1.54, 1.807) is 0 Å². The molecule has 5 nitrogen and oxygen atoms in total. The Morgan fingerprint density at radius 1 is 1.41 bits per heavy atom. The van der Waals surface area contributed by atoms with Gasteiger partial charge in [0.15, 0.2) is 0 Å². The van der Waals surface area contributed by atoms with E-state index >= 15 is 0 Å². The van der Waals surface area contributed by atoms with Crippen LogP contribution in [0.3, 0.4) is 0 Å². The molecule has 2 atom stereocenters. The summed E-state index contributed by atoms with van der Waals surface area (Å²) in [5.41, 5.74) is 3.27. The van der Waals surface area contributed by atoms with Crippen LogP contribution in [-0.4, -0.2) is 43.8 Å². The van der Waals surface area contributed by atoms with Gasteiger partial charge in [0.1, 0.15) is 20.2 Å². The van der Waals surface area contributed by atoms with Crippen molar-refractivity contribution < 1.29 is 19.4 Å². The van der Waals surface area contributed by atoms with Crippen molar-refractivity contribution in [3.63, 3.8) is 0 Å². The molecular weight excluding hydrogens is 298 g/mol. The normalized spacial score (nSPS) is 20.0. The van der Waals surface area contributed by atoms with Crippen LogP contribution in [0, 0.1) is 11.5 Å². The van der Waals surface area contributed by atoms with E-state index < -0.39 is 26.2 Å². The maximum atomic E-state index is 11.9. The average Bonchev–Trinajstić information content (AvgIpc) is 2.89. The highest BCUT2D eigenvalue weighted by molar-refractivity contribution is 6.87. The van der Waals surface area contributed by atoms with Crippen LogP contribution in [0.15, 0.2) is 0 Å². The van der Waals surface area contributed by atoms with Crippen LogP contribution < -0.4 is 5.32 Å². The standard InChI is InChI=1S/C16H27NO4Si/c1-16(2,3)22(4,5)11-7-8-12(15(19)20)17-14(18)13-9-6-10-21-13/h12-13H,6,8-10H2,1-5H3,(H,17,18)(H,19,20)/t12-,13-/m0/s1. The first-order valence-electron chi connectivity index (χ1n) is 7.69. The van der Waals surface area contributed by atoms with Crippen LogP contribution in [0.5, 0.6) is 0 Å². The van der Waals surface area contributed by atoms with Gasteiger partial charge in [0.25, 0.3) is 0 Å². The number of carbonyl (C=O) groups excluding carboxylic acids is 1. The first kappa shape index (κ1) is 18.7. The summed E-state index contributed by atoms with van der Waals surface area (Å²) >= 11 is 0. The highest BCUT2D eigenvalue weighted by Gasteiger charge is 2.34. The van der Waals surface area contributed by atoms with Gasteiger partial charge < -0.3 is 15.2 Å². The molecule has 1 saturated heterocycles. The van der Waals surface area contributed by atoms with E-state index in [0.29, 0.717) is 13.0 Å².